The summed E-state index contributed by atoms with van der Waals surface area (Å²) < 4.78 is 73.0. The van der Waals surface area contributed by atoms with Gasteiger partial charge in [-0.25, -0.2) is 37.3 Å². The molecule has 8 rings (SSSR count). The standard InChI is InChI=1S/C50H42N2.2ClHO4/c1-7-21-39(22-8-1)45-35-47(41-25-11-3-12-26-41)51(48(36-45)42-27-13-4-14-28-42)33-19-20-34-52-49(43-29-15-5-16-30-43)37-46(40-23-9-2-10-24-40)38-50(52)44-31-17-6-18-32-44;2*2-1(3,4)5/h1-18,21-32,35-38H,19-20,33-34H2;2*(H,2,3,4,5)/q+2;;/p-2. The van der Waals surface area contributed by atoms with Crippen LogP contribution in [0.1, 0.15) is 12.8 Å². The number of hydrogen-bond donors (Lipinski definition) is 0. The second kappa shape index (κ2) is 21.6. The van der Waals surface area contributed by atoms with Gasteiger partial charge in [-0.05, 0) is 70.8 Å². The molecule has 0 bridgehead atoms. The Hall–Kier alpha value is -6.12. The first-order chi connectivity index (χ1) is 29.8. The van der Waals surface area contributed by atoms with Crippen LogP contribution in [0.3, 0.4) is 0 Å². The topological polar surface area (TPSA) is 192 Å². The monoisotopic (exact) mass is 868 g/mol. The lowest BCUT2D eigenvalue weighted by atomic mass is 9.98. The third-order valence-electron chi connectivity index (χ3n) is 9.84. The van der Waals surface area contributed by atoms with Gasteiger partial charge in [-0.15, -0.1) is 20.5 Å². The highest BCUT2D eigenvalue weighted by Gasteiger charge is 2.25. The molecule has 62 heavy (non-hydrogen) atoms. The Morgan fingerprint density at radius 3 is 0.629 bits per heavy atom. The van der Waals surface area contributed by atoms with Gasteiger partial charge in [0.1, 0.15) is 13.1 Å². The highest BCUT2D eigenvalue weighted by Crippen LogP contribution is 2.31. The van der Waals surface area contributed by atoms with Crippen LogP contribution in [-0.2, 0) is 13.1 Å². The predicted octanol–water partition coefficient (Wildman–Crippen LogP) is 2.23. The molecule has 2 aromatic heterocycles. The maximum Gasteiger partial charge on any atom is 0.213 e. The molecule has 0 aliphatic carbocycles. The zero-order valence-corrected chi connectivity index (χ0v) is 34.9. The van der Waals surface area contributed by atoms with E-state index in [9.17, 15) is 0 Å². The molecule has 0 atom stereocenters. The van der Waals surface area contributed by atoms with Crippen LogP contribution >= 0.6 is 0 Å². The van der Waals surface area contributed by atoms with Crippen molar-refractivity contribution < 1.29 is 66.9 Å². The third-order valence-corrected chi connectivity index (χ3v) is 9.84. The molecule has 0 saturated heterocycles. The lowest BCUT2D eigenvalue weighted by molar-refractivity contribution is -2.00. The van der Waals surface area contributed by atoms with Gasteiger partial charge in [0.25, 0.3) is 0 Å². The number of aromatic nitrogens is 2. The molecule has 0 unspecified atom stereocenters. The second-order valence-electron chi connectivity index (χ2n) is 14.0. The van der Waals surface area contributed by atoms with Crippen LogP contribution < -0.4 is 46.4 Å². The fourth-order valence-corrected chi connectivity index (χ4v) is 7.25. The quantitative estimate of drug-likeness (QED) is 0.140. The van der Waals surface area contributed by atoms with E-state index in [0.29, 0.717) is 0 Å². The maximum atomic E-state index is 8.49. The van der Waals surface area contributed by atoms with Crippen LogP contribution in [0.5, 0.6) is 0 Å². The molecule has 2 heterocycles. The van der Waals surface area contributed by atoms with E-state index in [1.165, 1.54) is 67.3 Å². The van der Waals surface area contributed by atoms with Crippen molar-refractivity contribution in [3.8, 4) is 67.3 Å². The molecule has 314 valence electrons. The molecule has 0 aliphatic rings. The van der Waals surface area contributed by atoms with E-state index in [2.05, 4.69) is 215 Å². The van der Waals surface area contributed by atoms with Crippen LogP contribution in [0.4, 0.5) is 0 Å². The van der Waals surface area contributed by atoms with E-state index in [-0.39, 0.29) is 0 Å². The second-order valence-corrected chi connectivity index (χ2v) is 15.5. The molecule has 0 spiro atoms. The molecule has 6 aromatic carbocycles. The summed E-state index contributed by atoms with van der Waals surface area (Å²) in [5.41, 5.74) is 14.7. The van der Waals surface area contributed by atoms with Crippen LogP contribution in [0, 0.1) is 20.5 Å². The van der Waals surface area contributed by atoms with Gasteiger partial charge in [0.2, 0.25) is 22.8 Å². The molecule has 0 amide bonds. The molecule has 0 radical (unpaired) electrons. The Bertz CT molecular complexity index is 2280. The average Bonchev–Trinajstić information content (AvgIpc) is 3.28. The zero-order chi connectivity index (χ0) is 44.0. The van der Waals surface area contributed by atoms with Gasteiger partial charge in [-0.1, -0.05) is 133 Å². The smallest absolute Gasteiger partial charge is 0.213 e. The number of halogens is 2. The first-order valence-electron chi connectivity index (χ1n) is 19.5. The summed E-state index contributed by atoms with van der Waals surface area (Å²) in [5.74, 6) is 0. The molecule has 12 heteroatoms. The SMILES string of the molecule is [O-][Cl+3]([O-])([O-])[O-].[O-][Cl+3]([O-])([O-])[O-].c1ccc(-c2cc(-c3ccccc3)[n+](CCCC[n+]3c(-c4ccccc4)cc(-c4ccccc4)cc3-c3ccccc3)c(-c3ccccc3)c2)cc1. The highest BCUT2D eigenvalue weighted by atomic mass is 35.7. The predicted molar refractivity (Wildman–Crippen MR) is 215 cm³/mol. The van der Waals surface area contributed by atoms with E-state index in [1.54, 1.807) is 0 Å². The summed E-state index contributed by atoms with van der Waals surface area (Å²) in [6.45, 7) is 1.79. The van der Waals surface area contributed by atoms with E-state index < -0.39 is 20.5 Å². The molecule has 0 aliphatic heterocycles. The van der Waals surface area contributed by atoms with Crippen molar-refractivity contribution >= 4 is 0 Å². The largest absolute Gasteiger partial charge is 0.222 e. The van der Waals surface area contributed by atoms with Gasteiger partial charge < -0.3 is 0 Å². The Balaban J connectivity index is 0.000000578. The van der Waals surface area contributed by atoms with Crippen molar-refractivity contribution in [2.45, 2.75) is 25.9 Å². The minimum Gasteiger partial charge on any atom is -0.222 e. The van der Waals surface area contributed by atoms with Crippen molar-refractivity contribution in [1.29, 1.82) is 0 Å². The average molecular weight is 870 g/mol. The molecule has 0 N–H and O–H groups in total. The molecular weight excluding hydrogens is 827 g/mol. The van der Waals surface area contributed by atoms with Crippen LogP contribution in [0.15, 0.2) is 206 Å². The van der Waals surface area contributed by atoms with Crippen molar-refractivity contribution in [2.75, 3.05) is 0 Å². The highest BCUT2D eigenvalue weighted by molar-refractivity contribution is 5.75. The number of benzene rings is 6. The lowest BCUT2D eigenvalue weighted by Crippen LogP contribution is -2.68. The first kappa shape index (κ1) is 45.4. The maximum absolute atomic E-state index is 8.49. The fraction of sp³-hybridized carbons (Fsp3) is 0.0800. The number of hydrogen-bond acceptors (Lipinski definition) is 8. The van der Waals surface area contributed by atoms with Crippen molar-refractivity contribution in [2.24, 2.45) is 0 Å². The summed E-state index contributed by atoms with van der Waals surface area (Å²) in [7, 11) is -9.89. The minimum atomic E-state index is -4.94. The van der Waals surface area contributed by atoms with Crippen molar-refractivity contribution in [3.63, 3.8) is 0 Å². The van der Waals surface area contributed by atoms with E-state index in [4.69, 9.17) is 37.3 Å². The molecular formula is C50H42Cl2N2O8. The van der Waals surface area contributed by atoms with Gasteiger partial charge in [-0.3, -0.25) is 0 Å². The van der Waals surface area contributed by atoms with Crippen LogP contribution in [-0.4, -0.2) is 0 Å². The third kappa shape index (κ3) is 13.7. The summed E-state index contributed by atoms with van der Waals surface area (Å²) in [6.07, 6.45) is 2.04. The number of rotatable bonds is 11. The lowest BCUT2D eigenvalue weighted by Gasteiger charge is -2.17. The molecule has 0 saturated carbocycles. The summed E-state index contributed by atoms with van der Waals surface area (Å²) in [4.78, 5) is 0. The van der Waals surface area contributed by atoms with Crippen LogP contribution in [0.2, 0.25) is 0 Å². The Morgan fingerprint density at radius 2 is 0.435 bits per heavy atom. The van der Waals surface area contributed by atoms with Crippen molar-refractivity contribution in [1.82, 2.24) is 0 Å². The van der Waals surface area contributed by atoms with E-state index in [1.807, 2.05) is 0 Å². The van der Waals surface area contributed by atoms with Gasteiger partial charge in [0, 0.05) is 59.4 Å². The van der Waals surface area contributed by atoms with E-state index >= 15 is 0 Å². The zero-order valence-electron chi connectivity index (χ0n) is 33.4. The van der Waals surface area contributed by atoms with Crippen LogP contribution in [0.25, 0.3) is 67.3 Å². The summed E-state index contributed by atoms with van der Waals surface area (Å²) in [6, 6.07) is 74.4. The van der Waals surface area contributed by atoms with Gasteiger partial charge >= 0.3 is 0 Å². The normalized spacial score (nSPS) is 11.2. The Labute approximate surface area is 364 Å². The fourth-order valence-electron chi connectivity index (χ4n) is 7.25. The number of nitrogens with zero attached hydrogens (tertiary/aromatic N) is 2. The summed E-state index contributed by atoms with van der Waals surface area (Å²) in [5, 5.41) is 0. The first-order valence-corrected chi connectivity index (χ1v) is 22.0. The number of pyridine rings is 2. The van der Waals surface area contributed by atoms with Gasteiger partial charge in [-0.2, -0.15) is 9.13 Å². The van der Waals surface area contributed by atoms with Gasteiger partial charge in [0.05, 0.1) is 0 Å². The van der Waals surface area contributed by atoms with Crippen molar-refractivity contribution in [3.05, 3.63) is 206 Å². The molecule has 0 fully saturated rings. The van der Waals surface area contributed by atoms with E-state index in [0.717, 1.165) is 25.9 Å². The Morgan fingerprint density at radius 1 is 0.258 bits per heavy atom. The number of unbranched alkanes of at least 4 members (excludes halogenated alkanes) is 1. The van der Waals surface area contributed by atoms with Gasteiger partial charge in [0.15, 0.2) is 0 Å². The Kier molecular flexibility index (Phi) is 15.8. The molecule has 8 aromatic rings. The molecule has 10 nitrogen and oxygen atoms in total. The minimum absolute atomic E-state index is 0.896. The summed E-state index contributed by atoms with van der Waals surface area (Å²) >= 11 is 0.